The van der Waals surface area contributed by atoms with E-state index in [0.717, 1.165) is 11.3 Å². The van der Waals surface area contributed by atoms with Crippen LogP contribution in [-0.2, 0) is 6.54 Å². The van der Waals surface area contributed by atoms with Crippen LogP contribution < -0.4 is 11.1 Å². The number of nitrogen functional groups attached to an aromatic ring is 1. The zero-order valence-electron chi connectivity index (χ0n) is 11.1. The van der Waals surface area contributed by atoms with Crippen molar-refractivity contribution in [1.82, 2.24) is 19.7 Å². The minimum atomic E-state index is 0.259. The van der Waals surface area contributed by atoms with Gasteiger partial charge >= 0.3 is 0 Å². The third kappa shape index (κ3) is 2.80. The molecule has 0 aliphatic rings. The average molecular weight is 301 g/mol. The first-order valence-corrected chi connectivity index (χ1v) is 6.71. The maximum atomic E-state index is 6.07. The van der Waals surface area contributed by atoms with Crippen LogP contribution >= 0.6 is 11.6 Å². The largest absolute Gasteiger partial charge is 0.382 e. The van der Waals surface area contributed by atoms with E-state index in [2.05, 4.69) is 20.4 Å². The summed E-state index contributed by atoms with van der Waals surface area (Å²) in [5, 5.41) is 7.75. The van der Waals surface area contributed by atoms with Gasteiger partial charge in [-0.05, 0) is 17.7 Å². The summed E-state index contributed by atoms with van der Waals surface area (Å²) >= 11 is 6.07. The predicted octanol–water partition coefficient (Wildman–Crippen LogP) is 2.51. The summed E-state index contributed by atoms with van der Waals surface area (Å²) in [4.78, 5) is 7.92. The van der Waals surface area contributed by atoms with E-state index in [-0.39, 0.29) is 5.82 Å². The SMILES string of the molecule is Nc1ncnc(NCc2ccccc2-n2cccn2)c1Cl. The number of hydrogen-bond acceptors (Lipinski definition) is 5. The summed E-state index contributed by atoms with van der Waals surface area (Å²) in [7, 11) is 0. The van der Waals surface area contributed by atoms with Gasteiger partial charge in [-0.15, -0.1) is 0 Å². The summed E-state index contributed by atoms with van der Waals surface area (Å²) in [6.45, 7) is 0.548. The van der Waals surface area contributed by atoms with E-state index in [1.165, 1.54) is 6.33 Å². The number of nitrogens with one attached hydrogen (secondary N) is 1. The van der Waals surface area contributed by atoms with Gasteiger partial charge in [0.1, 0.15) is 17.2 Å². The van der Waals surface area contributed by atoms with Crippen molar-refractivity contribution in [2.75, 3.05) is 11.1 Å². The minimum absolute atomic E-state index is 0.259. The Morgan fingerprint density at radius 3 is 2.86 bits per heavy atom. The molecule has 21 heavy (non-hydrogen) atoms. The lowest BCUT2D eigenvalue weighted by Gasteiger charge is -2.12. The van der Waals surface area contributed by atoms with Crippen molar-refractivity contribution in [1.29, 1.82) is 0 Å². The van der Waals surface area contributed by atoms with Gasteiger partial charge in [0.15, 0.2) is 5.82 Å². The third-order valence-corrected chi connectivity index (χ3v) is 3.38. The topological polar surface area (TPSA) is 81.6 Å². The Kier molecular flexibility index (Phi) is 3.70. The standard InChI is InChI=1S/C14H13ClN6/c15-12-13(16)18-9-19-14(12)17-8-10-4-1-2-5-11(10)21-7-3-6-20-21/h1-7,9H,8H2,(H3,16,17,18,19). The van der Waals surface area contributed by atoms with E-state index in [1.54, 1.807) is 6.20 Å². The number of hydrogen-bond donors (Lipinski definition) is 2. The Morgan fingerprint density at radius 1 is 1.19 bits per heavy atom. The smallest absolute Gasteiger partial charge is 0.150 e. The predicted molar refractivity (Wildman–Crippen MR) is 82.3 cm³/mol. The zero-order valence-corrected chi connectivity index (χ0v) is 11.8. The Hall–Kier alpha value is -2.60. The molecule has 0 fully saturated rings. The van der Waals surface area contributed by atoms with Crippen LogP contribution in [0.4, 0.5) is 11.6 Å². The van der Waals surface area contributed by atoms with Gasteiger partial charge in [-0.25, -0.2) is 14.6 Å². The minimum Gasteiger partial charge on any atom is -0.382 e. The molecular formula is C14H13ClN6. The number of benzene rings is 1. The highest BCUT2D eigenvalue weighted by Gasteiger charge is 2.08. The van der Waals surface area contributed by atoms with E-state index in [0.29, 0.717) is 17.4 Å². The van der Waals surface area contributed by atoms with Crippen LogP contribution in [0.15, 0.2) is 49.1 Å². The van der Waals surface area contributed by atoms with Gasteiger partial charge in [-0.2, -0.15) is 5.10 Å². The summed E-state index contributed by atoms with van der Waals surface area (Å²) < 4.78 is 1.81. The number of nitrogens with zero attached hydrogens (tertiary/aromatic N) is 4. The van der Waals surface area contributed by atoms with Gasteiger partial charge in [-0.1, -0.05) is 29.8 Å². The summed E-state index contributed by atoms with van der Waals surface area (Å²) in [5.74, 6) is 0.772. The molecular weight excluding hydrogens is 288 g/mol. The van der Waals surface area contributed by atoms with Crippen LogP contribution in [0, 0.1) is 0 Å². The van der Waals surface area contributed by atoms with E-state index >= 15 is 0 Å². The second-order valence-corrected chi connectivity index (χ2v) is 4.73. The molecule has 106 valence electrons. The van der Waals surface area contributed by atoms with E-state index < -0.39 is 0 Å². The number of aromatic nitrogens is 4. The number of halogens is 1. The first-order chi connectivity index (χ1) is 10.3. The van der Waals surface area contributed by atoms with Gasteiger partial charge < -0.3 is 11.1 Å². The molecule has 0 unspecified atom stereocenters. The highest BCUT2D eigenvalue weighted by atomic mass is 35.5. The molecule has 3 aromatic rings. The van der Waals surface area contributed by atoms with Gasteiger partial charge in [0.2, 0.25) is 0 Å². The Morgan fingerprint density at radius 2 is 2.05 bits per heavy atom. The molecule has 1 aromatic carbocycles. The van der Waals surface area contributed by atoms with Crippen molar-refractivity contribution < 1.29 is 0 Å². The molecule has 3 N–H and O–H groups in total. The number of nitrogens with two attached hydrogens (primary N) is 1. The van der Waals surface area contributed by atoms with Crippen molar-refractivity contribution in [2.24, 2.45) is 0 Å². The molecule has 0 radical (unpaired) electrons. The molecule has 2 heterocycles. The monoisotopic (exact) mass is 300 g/mol. The highest BCUT2D eigenvalue weighted by Crippen LogP contribution is 2.24. The quantitative estimate of drug-likeness (QED) is 0.773. The zero-order chi connectivity index (χ0) is 14.7. The van der Waals surface area contributed by atoms with E-state index in [9.17, 15) is 0 Å². The molecule has 0 bridgehead atoms. The lowest BCUT2D eigenvalue weighted by molar-refractivity contribution is 0.863. The van der Waals surface area contributed by atoms with Crippen LogP contribution in [0.3, 0.4) is 0 Å². The molecule has 7 heteroatoms. The normalized spacial score (nSPS) is 10.5. The summed E-state index contributed by atoms with van der Waals surface area (Å²) in [6.07, 6.45) is 5.02. The highest BCUT2D eigenvalue weighted by molar-refractivity contribution is 6.35. The van der Waals surface area contributed by atoms with Gasteiger partial charge in [0.25, 0.3) is 0 Å². The first kappa shape index (κ1) is 13.4. The van der Waals surface area contributed by atoms with Crippen molar-refractivity contribution in [2.45, 2.75) is 6.54 Å². The third-order valence-electron chi connectivity index (χ3n) is 3.01. The second kappa shape index (κ2) is 5.80. The fourth-order valence-corrected chi connectivity index (χ4v) is 2.15. The van der Waals surface area contributed by atoms with Crippen LogP contribution in [0.5, 0.6) is 0 Å². The summed E-state index contributed by atoms with van der Waals surface area (Å²) in [6, 6.07) is 9.84. The molecule has 0 aliphatic heterocycles. The molecule has 6 nitrogen and oxygen atoms in total. The molecule has 3 rings (SSSR count). The lowest BCUT2D eigenvalue weighted by Crippen LogP contribution is -2.07. The van der Waals surface area contributed by atoms with Gasteiger partial charge in [-0.3, -0.25) is 0 Å². The first-order valence-electron chi connectivity index (χ1n) is 6.33. The molecule has 0 spiro atoms. The van der Waals surface area contributed by atoms with E-state index in [1.807, 2.05) is 41.2 Å². The van der Waals surface area contributed by atoms with E-state index in [4.69, 9.17) is 17.3 Å². The van der Waals surface area contributed by atoms with Gasteiger partial charge in [0.05, 0.1) is 5.69 Å². The number of para-hydroxylation sites is 1. The van der Waals surface area contributed by atoms with Gasteiger partial charge in [0, 0.05) is 18.9 Å². The molecule has 0 amide bonds. The fraction of sp³-hybridized carbons (Fsp3) is 0.0714. The number of anilines is 2. The fourth-order valence-electron chi connectivity index (χ4n) is 1.98. The second-order valence-electron chi connectivity index (χ2n) is 4.35. The van der Waals surface area contributed by atoms with Crippen molar-refractivity contribution >= 4 is 23.2 Å². The van der Waals surface area contributed by atoms with Crippen molar-refractivity contribution in [3.05, 3.63) is 59.6 Å². The van der Waals surface area contributed by atoms with Crippen LogP contribution in [0.2, 0.25) is 5.02 Å². The van der Waals surface area contributed by atoms with Crippen LogP contribution in [-0.4, -0.2) is 19.7 Å². The number of rotatable bonds is 4. The molecule has 0 saturated carbocycles. The molecule has 2 aromatic heterocycles. The molecule has 0 aliphatic carbocycles. The van der Waals surface area contributed by atoms with Crippen LogP contribution in [0.1, 0.15) is 5.56 Å². The Balaban J connectivity index is 1.85. The van der Waals surface area contributed by atoms with Crippen molar-refractivity contribution in [3.63, 3.8) is 0 Å². The van der Waals surface area contributed by atoms with Crippen LogP contribution in [0.25, 0.3) is 5.69 Å². The Bertz CT molecular complexity index is 741. The summed E-state index contributed by atoms with van der Waals surface area (Å²) in [5.41, 5.74) is 7.72. The molecule has 0 atom stereocenters. The maximum Gasteiger partial charge on any atom is 0.150 e. The lowest BCUT2D eigenvalue weighted by atomic mass is 10.2. The maximum absolute atomic E-state index is 6.07. The average Bonchev–Trinajstić information content (AvgIpc) is 3.03. The molecule has 0 saturated heterocycles. The Labute approximate surface area is 126 Å². The van der Waals surface area contributed by atoms with Crippen molar-refractivity contribution in [3.8, 4) is 5.69 Å².